The first-order chi connectivity index (χ1) is 8.72. The molecule has 18 heavy (non-hydrogen) atoms. The van der Waals surface area contributed by atoms with E-state index >= 15 is 0 Å². The molecule has 0 saturated carbocycles. The molecule has 0 aliphatic carbocycles. The molecule has 1 aliphatic rings. The summed E-state index contributed by atoms with van der Waals surface area (Å²) in [4.78, 5) is 15.6. The van der Waals surface area contributed by atoms with Gasteiger partial charge < -0.3 is 15.0 Å². The van der Waals surface area contributed by atoms with Crippen LogP contribution in [0.25, 0.3) is 0 Å². The summed E-state index contributed by atoms with van der Waals surface area (Å²) in [6.07, 6.45) is -0.0522. The van der Waals surface area contributed by atoms with Gasteiger partial charge >= 0.3 is 0 Å². The second kappa shape index (κ2) is 6.31. The number of amides is 1. The predicted molar refractivity (Wildman–Crippen MR) is 72.6 cm³/mol. The molecule has 2 heterocycles. The van der Waals surface area contributed by atoms with Crippen LogP contribution in [0, 0.1) is 0 Å². The molecule has 1 aromatic rings. The Morgan fingerprint density at radius 2 is 2.50 bits per heavy atom. The maximum absolute atomic E-state index is 12.5. The van der Waals surface area contributed by atoms with E-state index in [-0.39, 0.29) is 18.1 Å². The van der Waals surface area contributed by atoms with Crippen LogP contribution in [0.5, 0.6) is 0 Å². The molecule has 5 heteroatoms. The first kappa shape index (κ1) is 13.5. The molecule has 1 aliphatic heterocycles. The lowest BCUT2D eigenvalue weighted by Gasteiger charge is -2.33. The number of likely N-dealkylation sites (N-methyl/N-ethyl adjacent to an activating group) is 1. The molecule has 1 aromatic heterocycles. The largest absolute Gasteiger partial charge is 0.375 e. The number of ether oxygens (including phenoxy) is 1. The van der Waals surface area contributed by atoms with E-state index in [9.17, 15) is 4.79 Å². The zero-order valence-corrected chi connectivity index (χ0v) is 11.7. The van der Waals surface area contributed by atoms with Crippen molar-refractivity contribution in [3.63, 3.8) is 0 Å². The normalized spacial score (nSPS) is 23.9. The average Bonchev–Trinajstić information content (AvgIpc) is 2.88. The smallest absolute Gasteiger partial charge is 0.242 e. The minimum atomic E-state index is -0.210. The Kier molecular flexibility index (Phi) is 4.74. The van der Waals surface area contributed by atoms with Gasteiger partial charge in [-0.05, 0) is 25.3 Å². The summed E-state index contributed by atoms with van der Waals surface area (Å²) < 4.78 is 5.53. The number of hydrogen-bond donors (Lipinski definition) is 1. The number of hydrogen-bond acceptors (Lipinski definition) is 4. The van der Waals surface area contributed by atoms with Gasteiger partial charge in [0.25, 0.3) is 0 Å². The van der Waals surface area contributed by atoms with Crippen LogP contribution in [0.2, 0.25) is 0 Å². The molecule has 2 rings (SSSR count). The van der Waals surface area contributed by atoms with Crippen molar-refractivity contribution >= 4 is 17.2 Å². The molecule has 0 spiro atoms. The van der Waals surface area contributed by atoms with E-state index in [0.29, 0.717) is 13.2 Å². The van der Waals surface area contributed by atoms with E-state index in [4.69, 9.17) is 4.74 Å². The highest BCUT2D eigenvalue weighted by molar-refractivity contribution is 7.09. The zero-order valence-electron chi connectivity index (χ0n) is 10.9. The van der Waals surface area contributed by atoms with E-state index in [2.05, 4.69) is 11.4 Å². The van der Waals surface area contributed by atoms with Crippen molar-refractivity contribution in [1.29, 1.82) is 0 Å². The van der Waals surface area contributed by atoms with Crippen molar-refractivity contribution in [1.82, 2.24) is 10.2 Å². The van der Waals surface area contributed by atoms with Crippen LogP contribution in [0.15, 0.2) is 17.5 Å². The van der Waals surface area contributed by atoms with Crippen LogP contribution in [0.3, 0.4) is 0 Å². The van der Waals surface area contributed by atoms with Gasteiger partial charge in [-0.1, -0.05) is 6.07 Å². The molecule has 1 N–H and O–H groups in total. The van der Waals surface area contributed by atoms with Crippen molar-refractivity contribution in [3.05, 3.63) is 22.4 Å². The van der Waals surface area contributed by atoms with Crippen LogP contribution in [-0.2, 0) is 16.1 Å². The third-order valence-electron chi connectivity index (χ3n) is 3.20. The van der Waals surface area contributed by atoms with Gasteiger partial charge in [0.2, 0.25) is 5.91 Å². The fourth-order valence-electron chi connectivity index (χ4n) is 2.14. The molecular weight excluding hydrogens is 248 g/mol. The van der Waals surface area contributed by atoms with Gasteiger partial charge in [0.15, 0.2) is 0 Å². The molecule has 2 atom stereocenters. The highest BCUT2D eigenvalue weighted by Gasteiger charge is 2.31. The Morgan fingerprint density at radius 1 is 1.67 bits per heavy atom. The number of carbonyl (C=O) groups excluding carboxylic acids is 1. The summed E-state index contributed by atoms with van der Waals surface area (Å²) in [5.74, 6) is 0.137. The molecule has 0 radical (unpaired) electrons. The topological polar surface area (TPSA) is 41.6 Å². The maximum Gasteiger partial charge on any atom is 0.242 e. The minimum absolute atomic E-state index is 0.0522. The Hall–Kier alpha value is -0.910. The molecule has 0 bridgehead atoms. The third kappa shape index (κ3) is 3.10. The number of morpholine rings is 1. The van der Waals surface area contributed by atoms with Crippen LogP contribution in [-0.4, -0.2) is 42.6 Å². The first-order valence-electron chi connectivity index (χ1n) is 6.38. The van der Waals surface area contributed by atoms with Crippen molar-refractivity contribution in [2.45, 2.75) is 32.5 Å². The summed E-state index contributed by atoms with van der Waals surface area (Å²) in [6, 6.07) is 3.87. The van der Waals surface area contributed by atoms with Crippen molar-refractivity contribution in [2.75, 3.05) is 19.7 Å². The fourth-order valence-corrected chi connectivity index (χ4v) is 2.86. The van der Waals surface area contributed by atoms with Gasteiger partial charge in [0.1, 0.15) is 6.04 Å². The van der Waals surface area contributed by atoms with Gasteiger partial charge in [-0.3, -0.25) is 4.79 Å². The van der Waals surface area contributed by atoms with E-state index in [1.807, 2.05) is 30.2 Å². The highest BCUT2D eigenvalue weighted by Crippen LogP contribution is 2.14. The zero-order chi connectivity index (χ0) is 13.0. The first-order valence-corrected chi connectivity index (χ1v) is 7.26. The lowest BCUT2D eigenvalue weighted by Crippen LogP contribution is -2.56. The number of thiophene rings is 1. The maximum atomic E-state index is 12.5. The summed E-state index contributed by atoms with van der Waals surface area (Å²) in [5.41, 5.74) is 0. The van der Waals surface area contributed by atoms with E-state index in [0.717, 1.165) is 13.1 Å². The van der Waals surface area contributed by atoms with Crippen LogP contribution in [0.1, 0.15) is 18.7 Å². The van der Waals surface area contributed by atoms with Crippen LogP contribution < -0.4 is 5.32 Å². The molecule has 1 amide bonds. The predicted octanol–water partition coefficient (Wildman–Crippen LogP) is 1.47. The monoisotopic (exact) mass is 268 g/mol. The van der Waals surface area contributed by atoms with Gasteiger partial charge in [0.05, 0.1) is 19.3 Å². The third-order valence-corrected chi connectivity index (χ3v) is 4.06. The van der Waals surface area contributed by atoms with Crippen molar-refractivity contribution in [2.24, 2.45) is 0 Å². The molecule has 1 saturated heterocycles. The van der Waals surface area contributed by atoms with Gasteiger partial charge in [-0.25, -0.2) is 0 Å². The molecule has 100 valence electrons. The Balaban J connectivity index is 2.00. The Bertz CT molecular complexity index is 380. The summed E-state index contributed by atoms with van der Waals surface area (Å²) >= 11 is 1.69. The highest BCUT2D eigenvalue weighted by atomic mass is 32.1. The van der Waals surface area contributed by atoms with E-state index < -0.39 is 0 Å². The SMILES string of the molecule is CCN(Cc1cccs1)C(=O)[C@H]1NCCO[C@@H]1C. The lowest BCUT2D eigenvalue weighted by atomic mass is 10.1. The van der Waals surface area contributed by atoms with E-state index in [1.54, 1.807) is 11.3 Å². The van der Waals surface area contributed by atoms with Crippen LogP contribution >= 0.6 is 11.3 Å². The van der Waals surface area contributed by atoms with Crippen molar-refractivity contribution in [3.8, 4) is 0 Å². The van der Waals surface area contributed by atoms with Crippen LogP contribution in [0.4, 0.5) is 0 Å². The number of nitrogens with zero attached hydrogens (tertiary/aromatic N) is 1. The van der Waals surface area contributed by atoms with Crippen molar-refractivity contribution < 1.29 is 9.53 Å². The quantitative estimate of drug-likeness (QED) is 0.899. The van der Waals surface area contributed by atoms with E-state index in [1.165, 1.54) is 4.88 Å². The molecule has 4 nitrogen and oxygen atoms in total. The molecule has 0 unspecified atom stereocenters. The standard InChI is InChI=1S/C13H20N2O2S/c1-3-15(9-11-5-4-8-18-11)13(16)12-10(2)17-7-6-14-12/h4-5,8,10,12,14H,3,6-7,9H2,1-2H3/t10-,12+/m1/s1. The Morgan fingerprint density at radius 3 is 3.11 bits per heavy atom. The van der Waals surface area contributed by atoms with Gasteiger partial charge in [0, 0.05) is 18.0 Å². The second-order valence-corrected chi connectivity index (χ2v) is 5.47. The molecular formula is C13H20N2O2S. The number of nitrogens with one attached hydrogen (secondary N) is 1. The second-order valence-electron chi connectivity index (χ2n) is 4.44. The fraction of sp³-hybridized carbons (Fsp3) is 0.615. The summed E-state index contributed by atoms with van der Waals surface area (Å²) in [5, 5.41) is 5.29. The lowest BCUT2D eigenvalue weighted by molar-refractivity contribution is -0.139. The van der Waals surface area contributed by atoms with Gasteiger partial charge in [-0.2, -0.15) is 0 Å². The number of carbonyl (C=O) groups is 1. The summed E-state index contributed by atoms with van der Waals surface area (Å²) in [6.45, 7) is 6.81. The molecule has 1 fully saturated rings. The van der Waals surface area contributed by atoms with Gasteiger partial charge in [-0.15, -0.1) is 11.3 Å². The molecule has 0 aromatic carbocycles. The minimum Gasteiger partial charge on any atom is -0.375 e. The Labute approximate surface area is 112 Å². The average molecular weight is 268 g/mol. The number of rotatable bonds is 4. The summed E-state index contributed by atoms with van der Waals surface area (Å²) in [7, 11) is 0.